The minimum Gasteiger partial charge on any atom is -0.467 e. The third kappa shape index (κ3) is 5.26. The number of nitriles is 1. The molecule has 1 aromatic heterocycles. The second-order valence-corrected chi connectivity index (χ2v) is 8.99. The van der Waals surface area contributed by atoms with Gasteiger partial charge in [0.15, 0.2) is 0 Å². The molecule has 3 aromatic rings. The Morgan fingerprint density at radius 1 is 1.23 bits per heavy atom. The summed E-state index contributed by atoms with van der Waals surface area (Å²) in [6.45, 7) is 2.00. The second-order valence-electron chi connectivity index (χ2n) is 7.80. The number of hydrogen-bond donors (Lipinski definition) is 1. The average molecular weight is 489 g/mol. The molecule has 1 N–H and O–H groups in total. The van der Waals surface area contributed by atoms with Crippen molar-refractivity contribution in [3.63, 3.8) is 0 Å². The lowest BCUT2D eigenvalue weighted by Gasteiger charge is -2.19. The molecule has 0 spiro atoms. The molecular formula is C25H20N4O5S. The number of carbonyl (C=O) groups excluding carboxylic acids is 2. The van der Waals surface area contributed by atoms with E-state index in [1.807, 2.05) is 25.1 Å². The van der Waals surface area contributed by atoms with Crippen LogP contribution in [-0.2, 0) is 22.6 Å². The summed E-state index contributed by atoms with van der Waals surface area (Å²) in [5, 5.41) is 23.2. The van der Waals surface area contributed by atoms with Crippen LogP contribution in [-0.4, -0.2) is 22.0 Å². The third-order valence-electron chi connectivity index (χ3n) is 5.34. The fraction of sp³-hybridized carbons (Fsp3) is 0.160. The summed E-state index contributed by atoms with van der Waals surface area (Å²) in [6, 6.07) is 18.6. The highest BCUT2D eigenvalue weighted by Gasteiger charge is 2.41. The molecule has 9 nitrogen and oxygen atoms in total. The zero-order valence-electron chi connectivity index (χ0n) is 18.6. The van der Waals surface area contributed by atoms with E-state index in [2.05, 4.69) is 5.32 Å². The molecule has 1 saturated heterocycles. The quantitative estimate of drug-likeness (QED) is 0.228. The van der Waals surface area contributed by atoms with Crippen LogP contribution in [0.2, 0.25) is 0 Å². The van der Waals surface area contributed by atoms with Crippen LogP contribution in [0.5, 0.6) is 0 Å². The maximum Gasteiger partial charge on any atom is 0.269 e. The Kier molecular flexibility index (Phi) is 6.98. The molecule has 0 radical (unpaired) electrons. The Balaban J connectivity index is 1.68. The van der Waals surface area contributed by atoms with Gasteiger partial charge in [-0.3, -0.25) is 24.6 Å². The SMILES string of the molecule is Cc1ccc(N2C(=O)C(Cc3cccc([N+](=O)[O-])c3)SC2=C(C#N)C(=O)NCc2ccco2)cc1. The van der Waals surface area contributed by atoms with E-state index >= 15 is 0 Å². The molecule has 0 saturated carbocycles. The van der Waals surface area contributed by atoms with Gasteiger partial charge in [0, 0.05) is 17.8 Å². The summed E-state index contributed by atoms with van der Waals surface area (Å²) in [7, 11) is 0. The van der Waals surface area contributed by atoms with E-state index in [-0.39, 0.29) is 35.2 Å². The first kappa shape index (κ1) is 23.8. The van der Waals surface area contributed by atoms with Crippen molar-refractivity contribution in [2.24, 2.45) is 0 Å². The van der Waals surface area contributed by atoms with Crippen LogP contribution in [0.15, 0.2) is 81.9 Å². The fourth-order valence-electron chi connectivity index (χ4n) is 3.60. The topological polar surface area (TPSA) is 129 Å². The summed E-state index contributed by atoms with van der Waals surface area (Å²) in [4.78, 5) is 38.4. The number of benzene rings is 2. The lowest BCUT2D eigenvalue weighted by atomic mass is 10.1. The van der Waals surface area contributed by atoms with Crippen LogP contribution < -0.4 is 10.2 Å². The number of nitro benzene ring substituents is 1. The average Bonchev–Trinajstić information content (AvgIpc) is 3.48. The van der Waals surface area contributed by atoms with Crippen molar-refractivity contribution in [3.05, 3.63) is 105 Å². The Morgan fingerprint density at radius 2 is 2.00 bits per heavy atom. The van der Waals surface area contributed by atoms with E-state index in [0.29, 0.717) is 17.0 Å². The predicted molar refractivity (Wildman–Crippen MR) is 130 cm³/mol. The van der Waals surface area contributed by atoms with Gasteiger partial charge in [0.1, 0.15) is 22.4 Å². The van der Waals surface area contributed by atoms with Crippen LogP contribution >= 0.6 is 11.8 Å². The number of aryl methyl sites for hydroxylation is 1. The van der Waals surface area contributed by atoms with E-state index in [9.17, 15) is 25.0 Å². The second kappa shape index (κ2) is 10.3. The number of furan rings is 1. The smallest absolute Gasteiger partial charge is 0.269 e. The molecule has 2 amide bonds. The first-order valence-electron chi connectivity index (χ1n) is 10.6. The molecule has 35 heavy (non-hydrogen) atoms. The first-order chi connectivity index (χ1) is 16.9. The molecule has 10 heteroatoms. The van der Waals surface area contributed by atoms with Crippen molar-refractivity contribution >= 4 is 35.0 Å². The highest BCUT2D eigenvalue weighted by Crippen LogP contribution is 2.42. The number of hydrogen-bond acceptors (Lipinski definition) is 7. The van der Waals surface area contributed by atoms with Gasteiger partial charge in [-0.25, -0.2) is 0 Å². The molecule has 1 fully saturated rings. The van der Waals surface area contributed by atoms with Crippen molar-refractivity contribution < 1.29 is 18.9 Å². The summed E-state index contributed by atoms with van der Waals surface area (Å²) in [5.41, 5.74) is 1.85. The van der Waals surface area contributed by atoms with Crippen molar-refractivity contribution in [2.75, 3.05) is 4.90 Å². The third-order valence-corrected chi connectivity index (χ3v) is 6.61. The predicted octanol–water partition coefficient (Wildman–Crippen LogP) is 4.24. The molecule has 0 aliphatic carbocycles. The molecule has 2 aromatic carbocycles. The van der Waals surface area contributed by atoms with E-state index in [0.717, 1.165) is 17.3 Å². The van der Waals surface area contributed by atoms with Gasteiger partial charge in [-0.1, -0.05) is 41.6 Å². The summed E-state index contributed by atoms with van der Waals surface area (Å²) in [5.74, 6) is -0.422. The van der Waals surface area contributed by atoms with Crippen molar-refractivity contribution in [1.29, 1.82) is 5.26 Å². The fourth-order valence-corrected chi connectivity index (χ4v) is 4.90. The Labute approximate surface area is 205 Å². The van der Waals surface area contributed by atoms with Gasteiger partial charge in [0.2, 0.25) is 5.91 Å². The molecular weight excluding hydrogens is 468 g/mol. The van der Waals surface area contributed by atoms with E-state index in [1.165, 1.54) is 23.3 Å². The number of anilines is 1. The van der Waals surface area contributed by atoms with Crippen LogP contribution in [0.4, 0.5) is 11.4 Å². The largest absolute Gasteiger partial charge is 0.467 e. The van der Waals surface area contributed by atoms with Gasteiger partial charge >= 0.3 is 0 Å². The number of thioether (sulfide) groups is 1. The normalized spacial score (nSPS) is 16.6. The Bertz CT molecular complexity index is 1340. The number of non-ortho nitro benzene ring substituents is 1. The van der Waals surface area contributed by atoms with Gasteiger partial charge in [0.25, 0.3) is 11.6 Å². The maximum absolute atomic E-state index is 13.5. The van der Waals surface area contributed by atoms with Crippen LogP contribution in [0.25, 0.3) is 0 Å². The minimum atomic E-state index is -0.672. The van der Waals surface area contributed by atoms with Gasteiger partial charge in [0.05, 0.1) is 23.0 Å². The number of nitrogens with one attached hydrogen (secondary N) is 1. The standard InChI is InChI=1S/C25H20N4O5S/c1-16-7-9-18(10-8-16)28-24(31)22(13-17-4-2-5-19(12-17)29(32)33)35-25(28)21(14-26)23(30)27-15-20-6-3-11-34-20/h2-12,22H,13,15H2,1H3,(H,27,30). The minimum absolute atomic E-state index is 0.0703. The Hall–Kier alpha value is -4.36. The van der Waals surface area contributed by atoms with Gasteiger partial charge in [-0.2, -0.15) is 5.26 Å². The molecule has 1 unspecified atom stereocenters. The van der Waals surface area contributed by atoms with Crippen molar-refractivity contribution in [3.8, 4) is 6.07 Å². The number of nitrogens with zero attached hydrogens (tertiary/aromatic N) is 3. The molecule has 2 heterocycles. The molecule has 4 rings (SSSR count). The summed E-state index contributed by atoms with van der Waals surface area (Å²) >= 11 is 1.10. The molecule has 0 bridgehead atoms. The van der Waals surface area contributed by atoms with Crippen molar-refractivity contribution in [1.82, 2.24) is 5.32 Å². The number of nitro groups is 1. The zero-order chi connectivity index (χ0) is 24.9. The van der Waals surface area contributed by atoms with Gasteiger partial charge in [-0.15, -0.1) is 0 Å². The number of rotatable bonds is 7. The molecule has 1 atom stereocenters. The van der Waals surface area contributed by atoms with Crippen LogP contribution in [0, 0.1) is 28.4 Å². The van der Waals surface area contributed by atoms with Crippen LogP contribution in [0.1, 0.15) is 16.9 Å². The van der Waals surface area contributed by atoms with Crippen LogP contribution in [0.3, 0.4) is 0 Å². The zero-order valence-corrected chi connectivity index (χ0v) is 19.5. The van der Waals surface area contributed by atoms with E-state index in [1.54, 1.807) is 36.4 Å². The monoisotopic (exact) mass is 488 g/mol. The highest BCUT2D eigenvalue weighted by atomic mass is 32.2. The van der Waals surface area contributed by atoms with E-state index < -0.39 is 16.1 Å². The Morgan fingerprint density at radius 3 is 2.66 bits per heavy atom. The van der Waals surface area contributed by atoms with E-state index in [4.69, 9.17) is 4.42 Å². The lowest BCUT2D eigenvalue weighted by molar-refractivity contribution is -0.384. The van der Waals surface area contributed by atoms with Crippen molar-refractivity contribution in [2.45, 2.75) is 25.1 Å². The molecule has 1 aliphatic rings. The van der Waals surface area contributed by atoms with Gasteiger partial charge in [-0.05, 0) is 43.2 Å². The molecule has 176 valence electrons. The summed E-state index contributed by atoms with van der Waals surface area (Å²) < 4.78 is 5.22. The summed E-state index contributed by atoms with van der Waals surface area (Å²) in [6.07, 6.45) is 1.68. The number of amides is 2. The first-order valence-corrected chi connectivity index (χ1v) is 11.5. The maximum atomic E-state index is 13.5. The number of carbonyl (C=O) groups is 2. The lowest BCUT2D eigenvalue weighted by Crippen LogP contribution is -2.32. The molecule has 1 aliphatic heterocycles. The van der Waals surface area contributed by atoms with Gasteiger partial charge < -0.3 is 9.73 Å². The highest BCUT2D eigenvalue weighted by molar-refractivity contribution is 8.05.